The quantitative estimate of drug-likeness (QED) is 0.676. The van der Waals surface area contributed by atoms with E-state index < -0.39 is 0 Å². The minimum absolute atomic E-state index is 0.422. The molecule has 0 aliphatic heterocycles. The third kappa shape index (κ3) is 1.89. The normalized spacial score (nSPS) is 35.2. The molecule has 2 rings (SSSR count). The molecular formula is C12H18O2. The summed E-state index contributed by atoms with van der Waals surface area (Å²) in [6, 6.07) is 0. The summed E-state index contributed by atoms with van der Waals surface area (Å²) >= 11 is 0. The first-order valence-corrected chi connectivity index (χ1v) is 5.70. The summed E-state index contributed by atoms with van der Waals surface area (Å²) in [6.07, 6.45) is 5.21. The molecule has 14 heavy (non-hydrogen) atoms. The maximum absolute atomic E-state index is 11.2. The number of carbonyl (C=O) groups is 2. The van der Waals surface area contributed by atoms with Crippen molar-refractivity contribution in [1.29, 1.82) is 0 Å². The molecule has 0 aromatic rings. The van der Waals surface area contributed by atoms with E-state index >= 15 is 0 Å². The predicted octanol–water partition coefficient (Wildman–Crippen LogP) is 2.36. The van der Waals surface area contributed by atoms with Crippen LogP contribution < -0.4 is 0 Å². The Kier molecular flexibility index (Phi) is 2.71. The highest BCUT2D eigenvalue weighted by molar-refractivity contribution is 5.81. The monoisotopic (exact) mass is 194 g/mol. The van der Waals surface area contributed by atoms with Gasteiger partial charge in [0.15, 0.2) is 0 Å². The molecule has 0 aromatic heterocycles. The summed E-state index contributed by atoms with van der Waals surface area (Å²) < 4.78 is 0. The van der Waals surface area contributed by atoms with Gasteiger partial charge in [-0.05, 0) is 30.6 Å². The molecule has 0 radical (unpaired) electrons. The van der Waals surface area contributed by atoms with Gasteiger partial charge in [0.25, 0.3) is 0 Å². The van der Waals surface area contributed by atoms with Crippen LogP contribution in [0, 0.1) is 17.8 Å². The van der Waals surface area contributed by atoms with Gasteiger partial charge in [-0.1, -0.05) is 6.92 Å². The van der Waals surface area contributed by atoms with Gasteiger partial charge >= 0.3 is 0 Å². The van der Waals surface area contributed by atoms with Crippen molar-refractivity contribution in [3.8, 4) is 0 Å². The van der Waals surface area contributed by atoms with Gasteiger partial charge in [-0.2, -0.15) is 0 Å². The summed E-state index contributed by atoms with van der Waals surface area (Å²) in [6.45, 7) is 2.23. The lowest BCUT2D eigenvalue weighted by atomic mass is 9.81. The van der Waals surface area contributed by atoms with Crippen molar-refractivity contribution in [2.45, 2.75) is 45.4 Å². The lowest BCUT2D eigenvalue weighted by Crippen LogP contribution is -2.17. The first kappa shape index (κ1) is 9.88. The van der Waals surface area contributed by atoms with Crippen LogP contribution in [0.2, 0.25) is 0 Å². The molecular weight excluding hydrogens is 176 g/mol. The van der Waals surface area contributed by atoms with Crippen LogP contribution in [0.15, 0.2) is 0 Å². The number of carbonyl (C=O) groups excluding carboxylic acids is 2. The lowest BCUT2D eigenvalue weighted by Gasteiger charge is -2.23. The van der Waals surface area contributed by atoms with Crippen molar-refractivity contribution in [2.24, 2.45) is 17.8 Å². The van der Waals surface area contributed by atoms with E-state index in [1.54, 1.807) is 0 Å². The van der Waals surface area contributed by atoms with Crippen LogP contribution in [0.25, 0.3) is 0 Å². The van der Waals surface area contributed by atoms with Gasteiger partial charge in [-0.3, -0.25) is 9.59 Å². The molecule has 2 nitrogen and oxygen atoms in total. The lowest BCUT2D eigenvalue weighted by molar-refractivity contribution is -0.118. The van der Waals surface area contributed by atoms with Crippen molar-refractivity contribution < 1.29 is 9.59 Å². The molecule has 2 atom stereocenters. The third-order valence-corrected chi connectivity index (χ3v) is 4.05. The van der Waals surface area contributed by atoms with Crippen LogP contribution in [0.3, 0.4) is 0 Å². The van der Waals surface area contributed by atoms with E-state index in [4.69, 9.17) is 0 Å². The molecule has 0 bridgehead atoms. The van der Waals surface area contributed by atoms with Gasteiger partial charge in [0.05, 0.1) is 0 Å². The Labute approximate surface area is 85.1 Å². The molecule has 78 valence electrons. The first-order chi connectivity index (χ1) is 6.66. The summed E-state index contributed by atoms with van der Waals surface area (Å²) in [5.74, 6) is 2.56. The van der Waals surface area contributed by atoms with E-state index in [0.29, 0.717) is 29.3 Å². The van der Waals surface area contributed by atoms with Crippen LogP contribution in [0.1, 0.15) is 45.4 Å². The van der Waals surface area contributed by atoms with Crippen LogP contribution in [-0.2, 0) is 9.59 Å². The minimum Gasteiger partial charge on any atom is -0.300 e. The molecule has 0 amide bonds. The number of ketones is 2. The van der Waals surface area contributed by atoms with Gasteiger partial charge in [0, 0.05) is 25.7 Å². The molecule has 0 saturated heterocycles. The van der Waals surface area contributed by atoms with Crippen LogP contribution >= 0.6 is 0 Å². The van der Waals surface area contributed by atoms with E-state index in [1.807, 2.05) is 0 Å². The summed E-state index contributed by atoms with van der Waals surface area (Å²) in [4.78, 5) is 22.3. The standard InChI is InChI=1S/C12H18O2/c1-8(9-2-4-11(13)6-9)10-3-5-12(14)7-10/h8-10H,2-7H2,1H3. The van der Waals surface area contributed by atoms with Crippen LogP contribution in [-0.4, -0.2) is 11.6 Å². The average Bonchev–Trinajstić information content (AvgIpc) is 2.73. The highest BCUT2D eigenvalue weighted by Crippen LogP contribution is 2.39. The largest absolute Gasteiger partial charge is 0.300 e. The zero-order valence-corrected chi connectivity index (χ0v) is 8.79. The summed E-state index contributed by atoms with van der Waals surface area (Å²) in [5, 5.41) is 0. The highest BCUT2D eigenvalue weighted by Gasteiger charge is 2.34. The van der Waals surface area contributed by atoms with Crippen LogP contribution in [0.4, 0.5) is 0 Å². The van der Waals surface area contributed by atoms with Gasteiger partial charge in [-0.25, -0.2) is 0 Å². The zero-order chi connectivity index (χ0) is 10.1. The smallest absolute Gasteiger partial charge is 0.133 e. The summed E-state index contributed by atoms with van der Waals surface area (Å²) in [5.41, 5.74) is 0. The number of Topliss-reactive ketones (excluding diaryl/α,β-unsaturated/α-hetero) is 2. The summed E-state index contributed by atoms with van der Waals surface area (Å²) in [7, 11) is 0. The fraction of sp³-hybridized carbons (Fsp3) is 0.833. The van der Waals surface area contributed by atoms with Crippen molar-refractivity contribution in [2.75, 3.05) is 0 Å². The SMILES string of the molecule is CC(C1CCC(=O)C1)C1CCC(=O)C1. The molecule has 0 heterocycles. The molecule has 2 heteroatoms. The van der Waals surface area contributed by atoms with E-state index in [2.05, 4.69) is 6.92 Å². The fourth-order valence-corrected chi connectivity index (χ4v) is 2.97. The Morgan fingerprint density at radius 1 is 1.00 bits per heavy atom. The molecule has 0 N–H and O–H groups in total. The van der Waals surface area contributed by atoms with Crippen molar-refractivity contribution >= 4 is 11.6 Å². The predicted molar refractivity (Wildman–Crippen MR) is 53.9 cm³/mol. The Balaban J connectivity index is 1.91. The second kappa shape index (κ2) is 3.84. The van der Waals surface area contributed by atoms with E-state index in [9.17, 15) is 9.59 Å². The molecule has 2 aliphatic rings. The van der Waals surface area contributed by atoms with Gasteiger partial charge < -0.3 is 0 Å². The van der Waals surface area contributed by atoms with Gasteiger partial charge in [0.2, 0.25) is 0 Å². The average molecular weight is 194 g/mol. The third-order valence-electron chi connectivity index (χ3n) is 4.05. The maximum atomic E-state index is 11.2. The van der Waals surface area contributed by atoms with E-state index in [-0.39, 0.29) is 0 Å². The van der Waals surface area contributed by atoms with Gasteiger partial charge in [-0.15, -0.1) is 0 Å². The molecule has 2 unspecified atom stereocenters. The topological polar surface area (TPSA) is 34.1 Å². The minimum atomic E-state index is 0.422. The number of hydrogen-bond acceptors (Lipinski definition) is 2. The van der Waals surface area contributed by atoms with Crippen molar-refractivity contribution in [3.05, 3.63) is 0 Å². The first-order valence-electron chi connectivity index (χ1n) is 5.70. The second-order valence-electron chi connectivity index (χ2n) is 4.94. The fourth-order valence-electron chi connectivity index (χ4n) is 2.97. The second-order valence-corrected chi connectivity index (χ2v) is 4.94. The Hall–Kier alpha value is -0.660. The Morgan fingerprint density at radius 2 is 1.43 bits per heavy atom. The molecule has 0 aromatic carbocycles. The van der Waals surface area contributed by atoms with Crippen LogP contribution in [0.5, 0.6) is 0 Å². The Morgan fingerprint density at radius 3 is 1.71 bits per heavy atom. The highest BCUT2D eigenvalue weighted by atomic mass is 16.1. The molecule has 0 spiro atoms. The van der Waals surface area contributed by atoms with Gasteiger partial charge in [0.1, 0.15) is 11.6 Å². The molecule has 2 fully saturated rings. The Bertz CT molecular complexity index is 231. The zero-order valence-electron chi connectivity index (χ0n) is 8.79. The van der Waals surface area contributed by atoms with E-state index in [1.165, 1.54) is 0 Å². The van der Waals surface area contributed by atoms with E-state index in [0.717, 1.165) is 38.5 Å². The maximum Gasteiger partial charge on any atom is 0.133 e. The number of rotatable bonds is 2. The molecule has 2 aliphatic carbocycles. The van der Waals surface area contributed by atoms with Crippen molar-refractivity contribution in [1.82, 2.24) is 0 Å². The molecule has 2 saturated carbocycles. The van der Waals surface area contributed by atoms with Crippen molar-refractivity contribution in [3.63, 3.8) is 0 Å². The number of hydrogen-bond donors (Lipinski definition) is 0.